The number of carbonyl (C=O) groups excluding carboxylic acids is 3. The Morgan fingerprint density at radius 2 is 1.82 bits per heavy atom. The highest BCUT2D eigenvalue weighted by molar-refractivity contribution is 8.00. The first-order valence-corrected chi connectivity index (χ1v) is 7.82. The van der Waals surface area contributed by atoms with Crippen LogP contribution in [0.1, 0.15) is 26.7 Å². The van der Waals surface area contributed by atoms with E-state index in [9.17, 15) is 14.4 Å². The number of aliphatic hydroxyl groups is 1. The molecule has 0 saturated heterocycles. The average molecular weight is 327 g/mol. The van der Waals surface area contributed by atoms with Crippen molar-refractivity contribution in [3.05, 3.63) is 30.3 Å². The summed E-state index contributed by atoms with van der Waals surface area (Å²) in [4.78, 5) is 32.5. The van der Waals surface area contributed by atoms with Crippen LogP contribution >= 0.6 is 11.8 Å². The molecule has 0 saturated carbocycles. The Morgan fingerprint density at radius 3 is 2.18 bits per heavy atom. The maximum absolute atomic E-state index is 11.2. The number of hydrogen-bond acceptors (Lipinski definition) is 6. The molecule has 0 aliphatic rings. The van der Waals surface area contributed by atoms with Crippen LogP contribution in [0.4, 0.5) is 0 Å². The van der Waals surface area contributed by atoms with Gasteiger partial charge in [-0.25, -0.2) is 0 Å². The second-order valence-corrected chi connectivity index (χ2v) is 5.28. The molecule has 1 atom stereocenters. The smallest absolute Gasteiger partial charge is 0.150 e. The molecule has 1 unspecified atom stereocenters. The van der Waals surface area contributed by atoms with Crippen LogP contribution in [0.15, 0.2) is 35.2 Å². The van der Waals surface area contributed by atoms with Gasteiger partial charge in [0.05, 0.1) is 18.2 Å². The molecule has 0 spiro atoms. The third-order valence-corrected chi connectivity index (χ3v) is 3.31. The van der Waals surface area contributed by atoms with Crippen molar-refractivity contribution >= 4 is 29.6 Å². The Hall–Kier alpha value is -1.50. The van der Waals surface area contributed by atoms with Crippen LogP contribution in [-0.2, 0) is 14.4 Å². The minimum atomic E-state index is -0.245. The summed E-state index contributed by atoms with van der Waals surface area (Å²) in [7, 11) is 1.00. The van der Waals surface area contributed by atoms with Gasteiger partial charge in [0, 0.05) is 12.0 Å². The molecule has 0 aliphatic heterocycles. The number of benzene rings is 1. The van der Waals surface area contributed by atoms with E-state index in [0.29, 0.717) is 5.75 Å². The van der Waals surface area contributed by atoms with Gasteiger partial charge >= 0.3 is 0 Å². The van der Waals surface area contributed by atoms with Crippen LogP contribution in [0.2, 0.25) is 0 Å². The van der Waals surface area contributed by atoms with E-state index in [4.69, 9.17) is 10.8 Å². The SMILES string of the molecule is CC(=O)CC(=O)CSc1ccccc1.CCC(N)C=O.CO. The zero-order valence-corrected chi connectivity index (χ0v) is 14.1. The van der Waals surface area contributed by atoms with Gasteiger partial charge < -0.3 is 15.6 Å². The molecule has 22 heavy (non-hydrogen) atoms. The first kappa shape index (κ1) is 22.8. The molecule has 124 valence electrons. The molecule has 0 bridgehead atoms. The predicted molar refractivity (Wildman–Crippen MR) is 89.9 cm³/mol. The Bertz CT molecular complexity index is 423. The molecule has 0 heterocycles. The molecule has 0 fully saturated rings. The maximum Gasteiger partial charge on any atom is 0.150 e. The number of thioether (sulfide) groups is 1. The maximum atomic E-state index is 11.2. The molecule has 0 amide bonds. The molecular formula is C16H25NO4S. The van der Waals surface area contributed by atoms with Crippen LogP contribution in [0.3, 0.4) is 0 Å². The van der Waals surface area contributed by atoms with Gasteiger partial charge in [-0.15, -0.1) is 11.8 Å². The van der Waals surface area contributed by atoms with E-state index < -0.39 is 0 Å². The van der Waals surface area contributed by atoms with Crippen LogP contribution in [0.25, 0.3) is 0 Å². The van der Waals surface area contributed by atoms with Gasteiger partial charge in [0.1, 0.15) is 17.9 Å². The zero-order chi connectivity index (χ0) is 17.4. The number of Topliss-reactive ketones (excluding diaryl/α,β-unsaturated/α-hetero) is 2. The molecule has 0 radical (unpaired) electrons. The third kappa shape index (κ3) is 14.9. The number of nitrogens with two attached hydrogens (primary N) is 1. The van der Waals surface area contributed by atoms with Crippen LogP contribution in [-0.4, -0.2) is 41.9 Å². The van der Waals surface area contributed by atoms with Gasteiger partial charge in [0.25, 0.3) is 0 Å². The Labute approximate surface area is 136 Å². The average Bonchev–Trinajstić information content (AvgIpc) is 2.55. The van der Waals surface area contributed by atoms with E-state index in [1.54, 1.807) is 0 Å². The van der Waals surface area contributed by atoms with Crippen LogP contribution in [0, 0.1) is 0 Å². The molecule has 1 aromatic rings. The molecule has 3 N–H and O–H groups in total. The Morgan fingerprint density at radius 1 is 1.27 bits per heavy atom. The van der Waals surface area contributed by atoms with E-state index in [1.807, 2.05) is 37.3 Å². The fourth-order valence-corrected chi connectivity index (χ4v) is 1.88. The van der Waals surface area contributed by atoms with Gasteiger partial charge in [-0.3, -0.25) is 9.59 Å². The molecule has 6 heteroatoms. The topological polar surface area (TPSA) is 97.5 Å². The zero-order valence-electron chi connectivity index (χ0n) is 13.3. The highest BCUT2D eigenvalue weighted by Gasteiger charge is 2.05. The van der Waals surface area contributed by atoms with Crippen molar-refractivity contribution < 1.29 is 19.5 Å². The first-order chi connectivity index (χ1) is 10.5. The largest absolute Gasteiger partial charge is 0.400 e. The van der Waals surface area contributed by atoms with E-state index in [1.165, 1.54) is 18.7 Å². The molecule has 0 aliphatic carbocycles. The third-order valence-electron chi connectivity index (χ3n) is 2.24. The number of aldehydes is 1. The van der Waals surface area contributed by atoms with Crippen molar-refractivity contribution in [3.8, 4) is 0 Å². The van der Waals surface area contributed by atoms with E-state index in [-0.39, 0.29) is 24.0 Å². The molecule has 0 aromatic heterocycles. The van der Waals surface area contributed by atoms with Crippen LogP contribution in [0.5, 0.6) is 0 Å². The quantitative estimate of drug-likeness (QED) is 0.451. The fraction of sp³-hybridized carbons (Fsp3) is 0.438. The van der Waals surface area contributed by atoms with Gasteiger partial charge in [0.15, 0.2) is 0 Å². The number of carbonyl (C=O) groups is 3. The molecular weight excluding hydrogens is 302 g/mol. The summed E-state index contributed by atoms with van der Waals surface area (Å²) in [5, 5.41) is 7.00. The minimum absolute atomic E-state index is 0.00801. The van der Waals surface area contributed by atoms with Gasteiger partial charge in [0.2, 0.25) is 0 Å². The molecule has 1 rings (SSSR count). The van der Waals surface area contributed by atoms with E-state index >= 15 is 0 Å². The Kier molecular flexibility index (Phi) is 16.4. The summed E-state index contributed by atoms with van der Waals surface area (Å²) in [6.45, 7) is 3.31. The summed E-state index contributed by atoms with van der Waals surface area (Å²) >= 11 is 1.47. The normalized spacial score (nSPS) is 10.2. The lowest BCUT2D eigenvalue weighted by Gasteiger charge is -1.98. The molecule has 1 aromatic carbocycles. The Balaban J connectivity index is 0. The molecule has 5 nitrogen and oxygen atoms in total. The number of ketones is 2. The van der Waals surface area contributed by atoms with E-state index in [0.717, 1.165) is 24.7 Å². The lowest BCUT2D eigenvalue weighted by Crippen LogP contribution is -2.19. The number of rotatable bonds is 7. The lowest BCUT2D eigenvalue weighted by atomic mass is 10.2. The van der Waals surface area contributed by atoms with Crippen molar-refractivity contribution in [1.82, 2.24) is 0 Å². The van der Waals surface area contributed by atoms with Gasteiger partial charge in [-0.2, -0.15) is 0 Å². The predicted octanol–water partition coefficient (Wildman–Crippen LogP) is 1.86. The van der Waals surface area contributed by atoms with Crippen LogP contribution < -0.4 is 5.73 Å². The summed E-state index contributed by atoms with van der Waals surface area (Å²) in [5.41, 5.74) is 5.10. The van der Waals surface area contributed by atoms with Crippen molar-refractivity contribution in [1.29, 1.82) is 0 Å². The van der Waals surface area contributed by atoms with Gasteiger partial charge in [-0.05, 0) is 25.5 Å². The van der Waals surface area contributed by atoms with Gasteiger partial charge in [-0.1, -0.05) is 25.1 Å². The summed E-state index contributed by atoms with van der Waals surface area (Å²) in [6.07, 6.45) is 1.54. The highest BCUT2D eigenvalue weighted by Crippen LogP contribution is 2.17. The standard InChI is InChI=1S/C11H12O2S.C4H9NO.CH4O/c1-9(12)7-10(13)8-14-11-5-3-2-4-6-11;1-2-4(5)3-6;1-2/h2-6H,7-8H2,1H3;3-4H,2,5H2,1H3;2H,1H3. The van der Waals surface area contributed by atoms with E-state index in [2.05, 4.69) is 0 Å². The second-order valence-electron chi connectivity index (χ2n) is 4.23. The summed E-state index contributed by atoms with van der Waals surface area (Å²) in [5.74, 6) is 0.305. The van der Waals surface area contributed by atoms with Crippen molar-refractivity contribution in [2.75, 3.05) is 12.9 Å². The minimum Gasteiger partial charge on any atom is -0.400 e. The fourth-order valence-electron chi connectivity index (χ4n) is 1.11. The first-order valence-electron chi connectivity index (χ1n) is 6.84. The second kappa shape index (κ2) is 15.9. The highest BCUT2D eigenvalue weighted by atomic mass is 32.2. The lowest BCUT2D eigenvalue weighted by molar-refractivity contribution is -0.124. The number of aliphatic hydroxyl groups excluding tert-OH is 1. The summed E-state index contributed by atoms with van der Waals surface area (Å²) < 4.78 is 0. The van der Waals surface area contributed by atoms with Crippen molar-refractivity contribution in [3.63, 3.8) is 0 Å². The van der Waals surface area contributed by atoms with Crippen molar-refractivity contribution in [2.45, 2.75) is 37.6 Å². The monoisotopic (exact) mass is 327 g/mol. The van der Waals surface area contributed by atoms with Crippen molar-refractivity contribution in [2.24, 2.45) is 5.73 Å². The number of hydrogen-bond donors (Lipinski definition) is 2. The summed E-state index contributed by atoms with van der Waals surface area (Å²) in [6, 6.07) is 9.44.